The molecule has 0 N–H and O–H groups in total. The van der Waals surface area contributed by atoms with Crippen molar-refractivity contribution in [1.29, 1.82) is 0 Å². The zero-order valence-electron chi connectivity index (χ0n) is 16.8. The SMILES string of the molecule is CCOCCCn1c(=O)c2ccccc2n2c(SCC(=O)C(C)(C)C)nnc12. The Morgan fingerprint density at radius 3 is 2.68 bits per heavy atom. The summed E-state index contributed by atoms with van der Waals surface area (Å²) in [7, 11) is 0. The number of ketones is 1. The molecule has 0 saturated carbocycles. The molecule has 1 aromatic carbocycles. The van der Waals surface area contributed by atoms with Crippen LogP contribution in [0.4, 0.5) is 0 Å². The van der Waals surface area contributed by atoms with Crippen LogP contribution in [0.5, 0.6) is 0 Å². The van der Waals surface area contributed by atoms with E-state index in [1.165, 1.54) is 11.8 Å². The van der Waals surface area contributed by atoms with E-state index in [2.05, 4.69) is 10.2 Å². The second-order valence-corrected chi connectivity index (χ2v) is 8.55. The quantitative estimate of drug-likeness (QED) is 0.425. The first-order valence-corrected chi connectivity index (χ1v) is 10.4. The minimum Gasteiger partial charge on any atom is -0.382 e. The van der Waals surface area contributed by atoms with Gasteiger partial charge in [-0.1, -0.05) is 44.7 Å². The molecule has 0 atom stereocenters. The van der Waals surface area contributed by atoms with E-state index in [0.29, 0.717) is 48.3 Å². The Morgan fingerprint density at radius 1 is 1.21 bits per heavy atom. The summed E-state index contributed by atoms with van der Waals surface area (Å²) < 4.78 is 8.91. The zero-order chi connectivity index (χ0) is 20.3. The zero-order valence-corrected chi connectivity index (χ0v) is 17.6. The second kappa shape index (κ2) is 8.45. The molecule has 0 spiro atoms. The molecule has 3 aromatic rings. The smallest absolute Gasteiger partial charge is 0.262 e. The number of ether oxygens (including phenoxy) is 1. The molecule has 3 rings (SSSR count). The molecule has 7 nitrogen and oxygen atoms in total. The van der Waals surface area contributed by atoms with E-state index in [-0.39, 0.29) is 11.3 Å². The van der Waals surface area contributed by atoms with E-state index < -0.39 is 5.41 Å². The number of aromatic nitrogens is 4. The molecule has 28 heavy (non-hydrogen) atoms. The third-order valence-electron chi connectivity index (χ3n) is 4.52. The van der Waals surface area contributed by atoms with E-state index in [0.717, 1.165) is 5.52 Å². The molecule has 0 aliphatic rings. The molecule has 8 heteroatoms. The average molecular weight is 403 g/mol. The summed E-state index contributed by atoms with van der Waals surface area (Å²) in [6.45, 7) is 9.39. The van der Waals surface area contributed by atoms with Crippen molar-refractivity contribution in [2.75, 3.05) is 19.0 Å². The standard InChI is InChI=1S/C20H26N4O3S/c1-5-27-12-8-11-23-17(26)14-9-6-7-10-15(14)24-18(23)21-22-19(24)28-13-16(25)20(2,3)4/h6-7,9-10H,5,8,11-13H2,1-4H3. The van der Waals surface area contributed by atoms with E-state index in [1.807, 2.05) is 56.4 Å². The lowest BCUT2D eigenvalue weighted by molar-refractivity contribution is -0.123. The number of carbonyl (C=O) groups is 1. The maximum atomic E-state index is 13.0. The van der Waals surface area contributed by atoms with Crippen molar-refractivity contribution in [1.82, 2.24) is 19.2 Å². The van der Waals surface area contributed by atoms with Crippen molar-refractivity contribution in [3.8, 4) is 0 Å². The van der Waals surface area contributed by atoms with Crippen LogP contribution in [0.15, 0.2) is 34.2 Å². The van der Waals surface area contributed by atoms with Crippen molar-refractivity contribution in [2.45, 2.75) is 45.8 Å². The lowest BCUT2D eigenvalue weighted by Crippen LogP contribution is -2.24. The number of hydrogen-bond acceptors (Lipinski definition) is 6. The van der Waals surface area contributed by atoms with Crippen LogP contribution in [0.25, 0.3) is 16.7 Å². The molecule has 2 heterocycles. The third-order valence-corrected chi connectivity index (χ3v) is 5.45. The Morgan fingerprint density at radius 2 is 1.96 bits per heavy atom. The van der Waals surface area contributed by atoms with Gasteiger partial charge in [-0.05, 0) is 25.5 Å². The lowest BCUT2D eigenvalue weighted by atomic mass is 9.92. The van der Waals surface area contributed by atoms with Gasteiger partial charge in [-0.15, -0.1) is 10.2 Å². The summed E-state index contributed by atoms with van der Waals surface area (Å²) in [5.74, 6) is 0.941. The Hall–Kier alpha value is -2.19. The van der Waals surface area contributed by atoms with E-state index in [1.54, 1.807) is 4.57 Å². The number of thioether (sulfide) groups is 1. The Balaban J connectivity index is 2.04. The molecule has 0 unspecified atom stereocenters. The first-order chi connectivity index (χ1) is 13.3. The van der Waals surface area contributed by atoms with E-state index in [9.17, 15) is 9.59 Å². The highest BCUT2D eigenvalue weighted by molar-refractivity contribution is 7.99. The van der Waals surface area contributed by atoms with Crippen LogP contribution in [-0.4, -0.2) is 43.9 Å². The second-order valence-electron chi connectivity index (χ2n) is 7.60. The fraction of sp³-hybridized carbons (Fsp3) is 0.500. The molecule has 0 bridgehead atoms. The maximum Gasteiger partial charge on any atom is 0.262 e. The topological polar surface area (TPSA) is 78.5 Å². The predicted molar refractivity (Wildman–Crippen MR) is 111 cm³/mol. The van der Waals surface area contributed by atoms with Gasteiger partial charge < -0.3 is 4.74 Å². The highest BCUT2D eigenvalue weighted by atomic mass is 32.2. The van der Waals surface area contributed by atoms with Crippen LogP contribution >= 0.6 is 11.8 Å². The van der Waals surface area contributed by atoms with Crippen molar-refractivity contribution in [2.24, 2.45) is 5.41 Å². The minimum atomic E-state index is -0.406. The van der Waals surface area contributed by atoms with Crippen LogP contribution in [0.1, 0.15) is 34.1 Å². The number of benzene rings is 1. The lowest BCUT2D eigenvalue weighted by Gasteiger charge is -2.15. The maximum absolute atomic E-state index is 13.0. The first-order valence-electron chi connectivity index (χ1n) is 9.45. The fourth-order valence-electron chi connectivity index (χ4n) is 2.84. The van der Waals surface area contributed by atoms with Gasteiger partial charge in [0.1, 0.15) is 5.78 Å². The van der Waals surface area contributed by atoms with Crippen LogP contribution in [0.2, 0.25) is 0 Å². The molecule has 0 saturated heterocycles. The molecule has 0 aliphatic heterocycles. The number of aryl methyl sites for hydroxylation is 1. The Labute approximate surface area is 168 Å². The van der Waals surface area contributed by atoms with Gasteiger partial charge in [0.05, 0.1) is 16.7 Å². The van der Waals surface area contributed by atoms with Gasteiger partial charge in [0, 0.05) is 25.2 Å². The number of nitrogens with zero attached hydrogens (tertiary/aromatic N) is 4. The summed E-state index contributed by atoms with van der Waals surface area (Å²) in [5.41, 5.74) is 0.255. The number of rotatable bonds is 8. The van der Waals surface area contributed by atoms with Gasteiger partial charge in [-0.25, -0.2) is 0 Å². The van der Waals surface area contributed by atoms with Crippen LogP contribution in [0, 0.1) is 5.41 Å². The predicted octanol–water partition coefficient (Wildman–Crippen LogP) is 3.18. The van der Waals surface area contributed by atoms with E-state index in [4.69, 9.17) is 4.74 Å². The molecular formula is C20H26N4O3S. The largest absolute Gasteiger partial charge is 0.382 e. The van der Waals surface area contributed by atoms with Crippen molar-refractivity contribution in [3.05, 3.63) is 34.6 Å². The van der Waals surface area contributed by atoms with Crippen LogP contribution in [-0.2, 0) is 16.1 Å². The van der Waals surface area contributed by atoms with Crippen molar-refractivity contribution >= 4 is 34.2 Å². The van der Waals surface area contributed by atoms with Gasteiger partial charge in [0.2, 0.25) is 5.78 Å². The summed E-state index contributed by atoms with van der Waals surface area (Å²) in [6.07, 6.45) is 0.708. The van der Waals surface area contributed by atoms with Gasteiger partial charge >= 0.3 is 0 Å². The van der Waals surface area contributed by atoms with Gasteiger partial charge in [0.15, 0.2) is 5.16 Å². The summed E-state index contributed by atoms with van der Waals surface area (Å²) in [5, 5.41) is 9.77. The molecular weight excluding hydrogens is 376 g/mol. The highest BCUT2D eigenvalue weighted by Crippen LogP contribution is 2.25. The summed E-state index contributed by atoms with van der Waals surface area (Å²) in [6, 6.07) is 7.42. The fourth-order valence-corrected chi connectivity index (χ4v) is 3.95. The van der Waals surface area contributed by atoms with Gasteiger partial charge in [-0.2, -0.15) is 0 Å². The first kappa shape index (κ1) is 20.5. The average Bonchev–Trinajstić information content (AvgIpc) is 3.08. The normalized spacial score (nSPS) is 12.1. The molecule has 0 aliphatic carbocycles. The third kappa shape index (κ3) is 4.12. The number of fused-ring (bicyclic) bond motifs is 3. The van der Waals surface area contributed by atoms with Gasteiger partial charge in [-0.3, -0.25) is 18.6 Å². The molecule has 150 valence electrons. The molecule has 0 radical (unpaired) electrons. The molecule has 0 amide bonds. The number of para-hydroxylation sites is 1. The highest BCUT2D eigenvalue weighted by Gasteiger charge is 2.23. The molecule has 0 fully saturated rings. The van der Waals surface area contributed by atoms with Crippen molar-refractivity contribution in [3.63, 3.8) is 0 Å². The minimum absolute atomic E-state index is 0.0886. The number of hydrogen-bond donors (Lipinski definition) is 0. The number of carbonyl (C=O) groups excluding carboxylic acids is 1. The van der Waals surface area contributed by atoms with Crippen molar-refractivity contribution < 1.29 is 9.53 Å². The van der Waals surface area contributed by atoms with Crippen LogP contribution < -0.4 is 5.56 Å². The summed E-state index contributed by atoms with van der Waals surface area (Å²) in [4.78, 5) is 25.3. The summed E-state index contributed by atoms with van der Waals surface area (Å²) >= 11 is 1.35. The van der Waals surface area contributed by atoms with E-state index >= 15 is 0 Å². The Kier molecular flexibility index (Phi) is 6.20. The van der Waals surface area contributed by atoms with Gasteiger partial charge in [0.25, 0.3) is 5.56 Å². The monoisotopic (exact) mass is 402 g/mol. The Bertz CT molecular complexity index is 1050. The molecule has 2 aromatic heterocycles. The number of Topliss-reactive ketones (excluding diaryl/α,β-unsaturated/α-hetero) is 1. The van der Waals surface area contributed by atoms with Crippen LogP contribution in [0.3, 0.4) is 0 Å².